The number of halogens is 4. The maximum absolute atomic E-state index is 15.8. The van der Waals surface area contributed by atoms with Crippen LogP contribution >= 0.6 is 11.6 Å². The molecule has 3 saturated heterocycles. The molecule has 7 rings (SSSR count). The molecule has 27 nitrogen and oxygen atoms in total. The van der Waals surface area contributed by atoms with Gasteiger partial charge in [-0.25, -0.2) is 0 Å². The van der Waals surface area contributed by atoms with E-state index in [4.69, 9.17) is 16.3 Å². The van der Waals surface area contributed by atoms with Crippen molar-refractivity contribution in [3.63, 3.8) is 0 Å². The first-order valence-corrected chi connectivity index (χ1v) is 38.2. The smallest absolute Gasteiger partial charge is 0.378 e. The number of morpholine rings is 1. The molecule has 0 radical (unpaired) electrons. The van der Waals surface area contributed by atoms with Gasteiger partial charge in [0, 0.05) is 83.1 Å². The Bertz CT molecular complexity index is 3360. The number of ether oxygens (including phenoxy) is 1. The van der Waals surface area contributed by atoms with E-state index in [1.807, 2.05) is 20.8 Å². The van der Waals surface area contributed by atoms with E-state index < -0.39 is 185 Å². The maximum Gasteiger partial charge on any atom is 0.417 e. The molecule has 3 N–H and O–H groups in total. The van der Waals surface area contributed by atoms with Crippen molar-refractivity contribution in [3.05, 3.63) is 34.3 Å². The van der Waals surface area contributed by atoms with Crippen LogP contribution in [0.5, 0.6) is 0 Å². The topological polar surface area (TPSA) is 300 Å². The van der Waals surface area contributed by atoms with Gasteiger partial charge >= 0.3 is 6.18 Å². The first-order chi connectivity index (χ1) is 49.8. The number of nitrogens with one attached hydrogen (secondary N) is 3. The third-order valence-corrected chi connectivity index (χ3v) is 23.5. The first-order valence-electron chi connectivity index (χ1n) is 37.8. The average Bonchev–Trinajstić information content (AvgIpc) is 1.50. The average molecular weight is 1520 g/mol. The summed E-state index contributed by atoms with van der Waals surface area (Å²) in [5, 5.41) is 7.98. The minimum absolute atomic E-state index is 0.0180. The van der Waals surface area contributed by atoms with Crippen LogP contribution < -0.4 is 16.0 Å². The van der Waals surface area contributed by atoms with E-state index in [9.17, 15) is 51.5 Å². The normalized spacial score (nSPS) is 27.2. The SMILES string of the molecule is CC[C@H](C)[C@@H]1NC(=O)[C@H](CC(C)C)N(C)C(=O)C[C@@H](C(=O)N(C)C)N(C)C(=O)[C@H](C2CCCC2)N(C)C(=O)C2(CCCC2)NC(=O)[C@H](CC(=O)N2CCOCC2)N(C)C(=O)[C@H](CCc2ccc(C(F)(F)F)c(Cl)c2)NC(=O)CN(C)C(=O)[C@H](CC2CCCCC2)N(C)C(=O)C2CCN2C(=O)[C@H](C)N(C)C1=O. The van der Waals surface area contributed by atoms with Gasteiger partial charge in [0.25, 0.3) is 0 Å². The standard InChI is InChI=1S/C75H115ClF3N13O14/c1-15-46(4)62-71(103)85(9)47(5)66(98)92-34-31-54(92)70(102)88(12)57(41-48-23-17-16-18-24-48)69(101)84(8)44-59(93)80-53(30-28-49-27-29-51(52(76)40-49)75(77,78)79)67(99)87(11)56(42-61(95)91-35-37-106-38-36-91)65(97)82-74(32-21-22-33-74)73(105)90(14)63(50-25-19-20-26-50)72(104)89(13)58(68(100)83(6)7)43-60(94)86(10)55(39-45(2)3)64(96)81-62/h27,29,40,45-48,50,53-58,62-63H,15-26,28,30-39,41-44H2,1-14H3,(H,80,93)(H,81,96)(H,82,97)/t46-,47-,53-,54?,55-,56-,57-,58-,62-,63-/m0/s1. The summed E-state index contributed by atoms with van der Waals surface area (Å²) in [5.41, 5.74) is -2.64. The van der Waals surface area contributed by atoms with Crippen molar-refractivity contribution in [1.82, 2.24) is 64.9 Å². The zero-order valence-corrected chi connectivity index (χ0v) is 65.3. The number of nitrogens with zero attached hydrogens (tertiary/aromatic N) is 10. The summed E-state index contributed by atoms with van der Waals surface area (Å²) in [6, 6.07) is -8.95. The first kappa shape index (κ1) is 85.6. The van der Waals surface area contributed by atoms with Gasteiger partial charge in [0.15, 0.2) is 0 Å². The van der Waals surface area contributed by atoms with Crippen LogP contribution in [0.4, 0.5) is 13.2 Å². The summed E-state index contributed by atoms with van der Waals surface area (Å²) in [6.45, 7) is 8.81. The third-order valence-electron chi connectivity index (χ3n) is 23.2. The summed E-state index contributed by atoms with van der Waals surface area (Å²) in [7, 11) is 12.6. The lowest BCUT2D eigenvalue weighted by atomic mass is 9.84. The Labute approximate surface area is 627 Å². The van der Waals surface area contributed by atoms with Gasteiger partial charge in [-0.1, -0.05) is 110 Å². The molecular formula is C75H115ClF3N13O14. The second-order valence-electron chi connectivity index (χ2n) is 31.1. The highest BCUT2D eigenvalue weighted by atomic mass is 35.5. The highest BCUT2D eigenvalue weighted by Gasteiger charge is 2.52. The Hall–Kier alpha value is -7.63. The van der Waals surface area contributed by atoms with Gasteiger partial charge in [-0.2, -0.15) is 13.2 Å². The van der Waals surface area contributed by atoms with Crippen LogP contribution in [0.3, 0.4) is 0 Å². The van der Waals surface area contributed by atoms with Crippen LogP contribution in [0.15, 0.2) is 18.2 Å². The lowest BCUT2D eigenvalue weighted by Gasteiger charge is -2.45. The molecule has 6 aliphatic rings. The zero-order chi connectivity index (χ0) is 78.6. The van der Waals surface area contributed by atoms with Gasteiger partial charge < -0.3 is 69.7 Å². The van der Waals surface area contributed by atoms with Crippen LogP contribution in [-0.4, -0.2) is 289 Å². The van der Waals surface area contributed by atoms with Gasteiger partial charge in [-0.3, -0.25) is 62.3 Å². The number of likely N-dealkylation sites (N-methyl/N-ethyl adjacent to an activating group) is 8. The van der Waals surface area contributed by atoms with E-state index >= 15 is 24.0 Å². The quantitative estimate of drug-likeness (QED) is 0.241. The molecule has 3 saturated carbocycles. The molecule has 106 heavy (non-hydrogen) atoms. The number of amides is 13. The van der Waals surface area contributed by atoms with E-state index in [-0.39, 0.29) is 95.2 Å². The van der Waals surface area contributed by atoms with Crippen molar-refractivity contribution in [1.29, 1.82) is 0 Å². The van der Waals surface area contributed by atoms with Gasteiger partial charge in [0.2, 0.25) is 76.8 Å². The van der Waals surface area contributed by atoms with Crippen molar-refractivity contribution in [2.24, 2.45) is 23.7 Å². The van der Waals surface area contributed by atoms with E-state index in [1.165, 1.54) is 111 Å². The summed E-state index contributed by atoms with van der Waals surface area (Å²) < 4.78 is 47.5. The molecule has 0 bridgehead atoms. The Morgan fingerprint density at radius 1 is 0.679 bits per heavy atom. The zero-order valence-electron chi connectivity index (χ0n) is 64.5. The molecule has 1 aromatic rings. The summed E-state index contributed by atoms with van der Waals surface area (Å²) >= 11 is 6.20. The van der Waals surface area contributed by atoms with Crippen LogP contribution in [0.2, 0.25) is 5.02 Å². The van der Waals surface area contributed by atoms with E-state index in [0.29, 0.717) is 44.9 Å². The largest absolute Gasteiger partial charge is 0.417 e. The molecule has 10 atom stereocenters. The molecule has 13 amide bonds. The number of alkyl halides is 3. The fourth-order valence-electron chi connectivity index (χ4n) is 16.0. The maximum atomic E-state index is 15.8. The molecule has 1 aromatic carbocycles. The van der Waals surface area contributed by atoms with Crippen LogP contribution in [-0.2, 0) is 79.7 Å². The molecule has 3 aliphatic carbocycles. The Morgan fingerprint density at radius 3 is 1.86 bits per heavy atom. The molecule has 3 heterocycles. The van der Waals surface area contributed by atoms with Gasteiger partial charge in [0.05, 0.1) is 43.2 Å². The molecule has 1 unspecified atom stereocenters. The Morgan fingerprint density at radius 2 is 1.29 bits per heavy atom. The minimum atomic E-state index is -4.81. The van der Waals surface area contributed by atoms with Crippen molar-refractivity contribution in [3.8, 4) is 0 Å². The second kappa shape index (κ2) is 37.5. The van der Waals surface area contributed by atoms with Crippen molar-refractivity contribution in [2.75, 3.05) is 103 Å². The van der Waals surface area contributed by atoms with Crippen LogP contribution in [0.1, 0.15) is 174 Å². The number of hydrogen-bond acceptors (Lipinski definition) is 14. The van der Waals surface area contributed by atoms with E-state index in [2.05, 4.69) is 16.0 Å². The summed E-state index contributed by atoms with van der Waals surface area (Å²) in [6.07, 6.45) is 1.76. The van der Waals surface area contributed by atoms with Crippen molar-refractivity contribution >= 4 is 88.4 Å². The van der Waals surface area contributed by atoms with Gasteiger partial charge in [-0.15, -0.1) is 0 Å². The molecule has 3 aliphatic heterocycles. The predicted octanol–water partition coefficient (Wildman–Crippen LogP) is 4.72. The summed E-state index contributed by atoms with van der Waals surface area (Å²) in [5.74, 6) is -10.5. The number of hydrogen-bond donors (Lipinski definition) is 3. The minimum Gasteiger partial charge on any atom is -0.378 e. The Balaban J connectivity index is 1.34. The summed E-state index contributed by atoms with van der Waals surface area (Å²) in [4.78, 5) is 208. The van der Waals surface area contributed by atoms with Crippen LogP contribution in [0.25, 0.3) is 0 Å². The lowest BCUT2D eigenvalue weighted by molar-refractivity contribution is -0.160. The van der Waals surface area contributed by atoms with Gasteiger partial charge in [-0.05, 0) is 106 Å². The lowest BCUT2D eigenvalue weighted by Crippen LogP contribution is -2.65. The Kier molecular flexibility index (Phi) is 30.3. The van der Waals surface area contributed by atoms with E-state index in [0.717, 1.165) is 58.9 Å². The molecule has 6 fully saturated rings. The number of benzene rings is 1. The number of fused-ring (bicyclic) bond motifs is 1. The van der Waals surface area contributed by atoms with Gasteiger partial charge in [0.1, 0.15) is 59.9 Å². The number of carbonyl (C=O) groups is 13. The number of carbonyl (C=O) groups excluding carboxylic acids is 13. The molecule has 31 heteroatoms. The number of rotatable bonds is 13. The molecular weight excluding hydrogens is 1400 g/mol. The monoisotopic (exact) mass is 1510 g/mol. The number of aryl methyl sites for hydroxylation is 1. The third kappa shape index (κ3) is 20.6. The fraction of sp³-hybridized carbons (Fsp3) is 0.747. The second-order valence-corrected chi connectivity index (χ2v) is 31.5. The highest BCUT2D eigenvalue weighted by molar-refractivity contribution is 6.31. The van der Waals surface area contributed by atoms with Crippen LogP contribution in [0, 0.1) is 23.7 Å². The van der Waals surface area contributed by atoms with E-state index in [1.54, 1.807) is 6.92 Å². The molecule has 0 aromatic heterocycles. The fourth-order valence-corrected chi connectivity index (χ4v) is 16.3. The highest BCUT2D eigenvalue weighted by Crippen LogP contribution is 2.39. The van der Waals surface area contributed by atoms with Crippen molar-refractivity contribution < 1.29 is 80.2 Å². The molecule has 592 valence electrons. The predicted molar refractivity (Wildman–Crippen MR) is 388 cm³/mol. The van der Waals surface area contributed by atoms with Crippen molar-refractivity contribution in [2.45, 2.75) is 236 Å². The molecule has 1 spiro atoms.